The normalized spacial score (nSPS) is 13.7. The predicted octanol–water partition coefficient (Wildman–Crippen LogP) is 6.31. The van der Waals surface area contributed by atoms with Crippen LogP contribution in [0.1, 0.15) is 18.1 Å². The van der Waals surface area contributed by atoms with E-state index in [0.717, 1.165) is 29.3 Å². The molecule has 0 aliphatic heterocycles. The lowest BCUT2D eigenvalue weighted by Gasteiger charge is -2.15. The number of hydrogen-bond acceptors (Lipinski definition) is 3. The molecule has 1 unspecified atom stereocenters. The first-order chi connectivity index (χ1) is 18.3. The Kier molecular flexibility index (Phi) is 9.51. The van der Waals surface area contributed by atoms with Crippen LogP contribution in [0.5, 0.6) is 0 Å². The number of hydrogen-bond donors (Lipinski definition) is 3. The van der Waals surface area contributed by atoms with Gasteiger partial charge < -0.3 is 15.8 Å². The summed E-state index contributed by atoms with van der Waals surface area (Å²) in [6.45, 7) is 0.148. The molecule has 0 fully saturated rings. The summed E-state index contributed by atoms with van der Waals surface area (Å²) >= 11 is 0. The number of amidine groups is 1. The van der Waals surface area contributed by atoms with Gasteiger partial charge in [0.05, 0.1) is 5.56 Å². The predicted molar refractivity (Wildman–Crippen MR) is 134 cm³/mol. The number of ether oxygens (including phenoxy) is 1. The van der Waals surface area contributed by atoms with Crippen LogP contribution in [0.2, 0.25) is 0 Å². The summed E-state index contributed by atoms with van der Waals surface area (Å²) in [4.78, 5) is 7.87. The number of nitrogens with one attached hydrogen (secondary N) is 2. The van der Waals surface area contributed by atoms with Crippen molar-refractivity contribution in [3.8, 4) is 11.1 Å². The number of guanidine groups is 1. The average Bonchev–Trinajstić information content (AvgIpc) is 2.86. The van der Waals surface area contributed by atoms with E-state index in [0.29, 0.717) is 5.56 Å². The molecule has 3 aromatic carbocycles. The lowest BCUT2D eigenvalue weighted by atomic mass is 10.0. The van der Waals surface area contributed by atoms with Crippen molar-refractivity contribution in [2.75, 3.05) is 11.9 Å². The molecule has 0 saturated heterocycles. The highest BCUT2D eigenvalue weighted by Gasteiger charge is 2.31. The molecule has 208 valence electrons. The smallest absolute Gasteiger partial charge is 0.422 e. The van der Waals surface area contributed by atoms with E-state index in [1.54, 1.807) is 25.1 Å². The molecule has 13 heteroatoms. The fourth-order valence-corrected chi connectivity index (χ4v) is 3.31. The molecule has 0 aliphatic carbocycles. The fraction of sp³-hybridized carbons (Fsp3) is 0.231. The number of nitrogens with zero attached hydrogens (tertiary/aromatic N) is 2. The SMILES string of the molecule is CC(N=C(N=C(N)OCC(F)(F)F)Nc1cccc(C(F)(F)F)c1)NCc1cccc(-c2cccc(F)c2)c1. The van der Waals surface area contributed by atoms with E-state index >= 15 is 0 Å². The summed E-state index contributed by atoms with van der Waals surface area (Å²) < 4.78 is 94.7. The molecule has 0 aliphatic rings. The van der Waals surface area contributed by atoms with E-state index in [1.165, 1.54) is 18.2 Å². The van der Waals surface area contributed by atoms with Crippen molar-refractivity contribution in [2.45, 2.75) is 32.0 Å². The largest absolute Gasteiger partial charge is 0.455 e. The summed E-state index contributed by atoms with van der Waals surface area (Å²) in [5.74, 6) is -0.763. The molecule has 0 aromatic heterocycles. The Hall–Kier alpha value is -4.13. The third-order valence-corrected chi connectivity index (χ3v) is 5.05. The Morgan fingerprint density at radius 1 is 0.923 bits per heavy atom. The molecule has 0 saturated carbocycles. The van der Waals surface area contributed by atoms with Gasteiger partial charge in [0.1, 0.15) is 12.0 Å². The van der Waals surface area contributed by atoms with Gasteiger partial charge in [0.2, 0.25) is 5.96 Å². The van der Waals surface area contributed by atoms with Crippen LogP contribution in [0, 0.1) is 5.82 Å². The van der Waals surface area contributed by atoms with Gasteiger partial charge in [0.15, 0.2) is 6.61 Å². The van der Waals surface area contributed by atoms with Crippen LogP contribution in [0.4, 0.5) is 36.4 Å². The number of benzene rings is 3. The van der Waals surface area contributed by atoms with E-state index in [2.05, 4.69) is 25.4 Å². The van der Waals surface area contributed by atoms with Crippen LogP contribution < -0.4 is 16.4 Å². The molecule has 0 heterocycles. The highest BCUT2D eigenvalue weighted by molar-refractivity contribution is 6.00. The van der Waals surface area contributed by atoms with Crippen molar-refractivity contribution in [1.29, 1.82) is 0 Å². The van der Waals surface area contributed by atoms with Crippen LogP contribution in [-0.2, 0) is 17.5 Å². The van der Waals surface area contributed by atoms with Gasteiger partial charge in [-0.05, 0) is 60.0 Å². The number of nitrogens with two attached hydrogens (primary N) is 1. The van der Waals surface area contributed by atoms with Crippen molar-refractivity contribution in [3.63, 3.8) is 0 Å². The maximum absolute atomic E-state index is 13.6. The average molecular weight is 555 g/mol. The summed E-state index contributed by atoms with van der Waals surface area (Å²) in [5.41, 5.74) is 6.66. The number of aliphatic imine (C=N–C) groups is 2. The van der Waals surface area contributed by atoms with Crippen LogP contribution in [0.15, 0.2) is 82.8 Å². The minimum atomic E-state index is -4.68. The van der Waals surface area contributed by atoms with Crippen LogP contribution in [-0.4, -0.2) is 30.9 Å². The molecular formula is C26H24F7N5O. The number of rotatable bonds is 7. The Bertz CT molecular complexity index is 1320. The van der Waals surface area contributed by atoms with E-state index in [1.807, 2.05) is 18.2 Å². The second-order valence-corrected chi connectivity index (χ2v) is 8.28. The minimum absolute atomic E-state index is 0.0778. The molecule has 4 N–H and O–H groups in total. The first kappa shape index (κ1) is 29.4. The topological polar surface area (TPSA) is 84.0 Å². The standard InChI is InChI=1S/C26H24F7N5O/c1-16(35-14-17-5-2-6-18(11-17)19-7-3-9-21(27)12-19)36-24(38-23(34)39-15-25(28,29)30)37-22-10-4-8-20(13-22)26(31,32)33/h2-13,16,35H,14-15H2,1H3,(H3,34,36,37,38). The van der Waals surface area contributed by atoms with Gasteiger partial charge in [-0.3, -0.25) is 5.32 Å². The Morgan fingerprint density at radius 3 is 2.26 bits per heavy atom. The molecule has 0 spiro atoms. The molecule has 3 rings (SSSR count). The zero-order valence-electron chi connectivity index (χ0n) is 20.4. The van der Waals surface area contributed by atoms with Crippen LogP contribution in [0.3, 0.4) is 0 Å². The second-order valence-electron chi connectivity index (χ2n) is 8.28. The van der Waals surface area contributed by atoms with E-state index in [-0.39, 0.29) is 24.0 Å². The minimum Gasteiger partial charge on any atom is -0.455 e. The van der Waals surface area contributed by atoms with Gasteiger partial charge in [0, 0.05) is 12.2 Å². The molecule has 6 nitrogen and oxygen atoms in total. The van der Waals surface area contributed by atoms with Crippen molar-refractivity contribution in [2.24, 2.45) is 15.7 Å². The monoisotopic (exact) mass is 555 g/mol. The molecule has 0 amide bonds. The molecule has 0 bridgehead atoms. The van der Waals surface area contributed by atoms with Crippen molar-refractivity contribution < 1.29 is 35.5 Å². The number of alkyl halides is 6. The van der Waals surface area contributed by atoms with Crippen molar-refractivity contribution in [3.05, 3.63) is 89.7 Å². The summed E-state index contributed by atoms with van der Waals surface area (Å²) in [5, 5.41) is 5.59. The van der Waals surface area contributed by atoms with Gasteiger partial charge in [-0.1, -0.05) is 36.4 Å². The first-order valence-electron chi connectivity index (χ1n) is 11.4. The van der Waals surface area contributed by atoms with Crippen molar-refractivity contribution >= 4 is 17.7 Å². The Morgan fingerprint density at radius 2 is 1.59 bits per heavy atom. The van der Waals surface area contributed by atoms with Gasteiger partial charge in [-0.15, -0.1) is 0 Å². The zero-order valence-corrected chi connectivity index (χ0v) is 20.4. The summed E-state index contributed by atoms with van der Waals surface area (Å²) in [6.07, 6.45) is -10.0. The van der Waals surface area contributed by atoms with Crippen LogP contribution >= 0.6 is 0 Å². The van der Waals surface area contributed by atoms with E-state index in [9.17, 15) is 30.7 Å². The second kappa shape index (κ2) is 12.6. The quantitative estimate of drug-likeness (QED) is 0.181. The highest BCUT2D eigenvalue weighted by atomic mass is 19.4. The molecule has 0 radical (unpaired) electrons. The van der Waals surface area contributed by atoms with E-state index < -0.39 is 36.7 Å². The Labute approximate surface area is 219 Å². The zero-order chi connectivity index (χ0) is 28.6. The van der Waals surface area contributed by atoms with Crippen molar-refractivity contribution in [1.82, 2.24) is 5.32 Å². The van der Waals surface area contributed by atoms with E-state index in [4.69, 9.17) is 5.73 Å². The van der Waals surface area contributed by atoms with Gasteiger partial charge in [-0.2, -0.15) is 31.3 Å². The molecule has 39 heavy (non-hydrogen) atoms. The van der Waals surface area contributed by atoms with Gasteiger partial charge in [-0.25, -0.2) is 9.38 Å². The van der Waals surface area contributed by atoms with Crippen LogP contribution in [0.25, 0.3) is 11.1 Å². The maximum Gasteiger partial charge on any atom is 0.422 e. The molecular weight excluding hydrogens is 531 g/mol. The number of anilines is 1. The summed E-state index contributed by atoms with van der Waals surface area (Å²) in [7, 11) is 0. The fourth-order valence-electron chi connectivity index (χ4n) is 3.31. The lowest BCUT2D eigenvalue weighted by Crippen LogP contribution is -2.29. The third-order valence-electron chi connectivity index (χ3n) is 5.05. The van der Waals surface area contributed by atoms with Gasteiger partial charge >= 0.3 is 12.4 Å². The summed E-state index contributed by atoms with van der Waals surface area (Å²) in [6, 6.07) is 16.5. The highest BCUT2D eigenvalue weighted by Crippen LogP contribution is 2.30. The Balaban J connectivity index is 1.78. The third kappa shape index (κ3) is 9.93. The van der Waals surface area contributed by atoms with Gasteiger partial charge in [0.25, 0.3) is 6.02 Å². The maximum atomic E-state index is 13.6. The molecule has 1 atom stereocenters. The number of halogens is 7. The lowest BCUT2D eigenvalue weighted by molar-refractivity contribution is -0.156. The first-order valence-corrected chi connectivity index (χ1v) is 11.4. The molecule has 3 aromatic rings.